The minimum atomic E-state index is -0.503. The van der Waals surface area contributed by atoms with Crippen molar-refractivity contribution in [3.63, 3.8) is 0 Å². The highest BCUT2D eigenvalue weighted by Gasteiger charge is 2.25. The van der Waals surface area contributed by atoms with Crippen molar-refractivity contribution < 1.29 is 9.53 Å². The monoisotopic (exact) mass is 336 g/mol. The molecular weight excluding hydrogens is 316 g/mol. The molecule has 1 amide bonds. The second kappa shape index (κ2) is 7.05. The van der Waals surface area contributed by atoms with Crippen LogP contribution in [-0.2, 0) is 4.74 Å². The first-order valence-electron chi connectivity index (χ1n) is 7.59. The number of carbonyl (C=O) groups excluding carboxylic acids is 1. The summed E-state index contributed by atoms with van der Waals surface area (Å²) in [6, 6.07) is 5.49. The van der Waals surface area contributed by atoms with E-state index in [0.29, 0.717) is 29.6 Å². The van der Waals surface area contributed by atoms with E-state index < -0.39 is 11.7 Å². The van der Waals surface area contributed by atoms with E-state index in [1.165, 1.54) is 0 Å². The zero-order valence-corrected chi connectivity index (χ0v) is 14.4. The van der Waals surface area contributed by atoms with Crippen LogP contribution in [0, 0.1) is 11.3 Å². The quantitative estimate of drug-likeness (QED) is 0.839. The number of rotatable bonds is 2. The van der Waals surface area contributed by atoms with Gasteiger partial charge in [-0.3, -0.25) is 0 Å². The summed E-state index contributed by atoms with van der Waals surface area (Å²) in [5.41, 5.74) is 0.00457. The van der Waals surface area contributed by atoms with Gasteiger partial charge in [-0.05, 0) is 45.7 Å². The second-order valence-corrected chi connectivity index (χ2v) is 6.91. The number of hydrogen-bond donors (Lipinski definition) is 1. The molecule has 1 fully saturated rings. The Morgan fingerprint density at radius 3 is 2.65 bits per heavy atom. The minimum Gasteiger partial charge on any atom is -0.444 e. The molecule has 1 N–H and O–H groups in total. The summed E-state index contributed by atoms with van der Waals surface area (Å²) in [4.78, 5) is 18.1. The van der Waals surface area contributed by atoms with Crippen molar-refractivity contribution in [2.75, 3.05) is 18.0 Å². The molecule has 1 aliphatic heterocycles. The van der Waals surface area contributed by atoms with Gasteiger partial charge in [0.15, 0.2) is 0 Å². The molecule has 7 heteroatoms. The van der Waals surface area contributed by atoms with E-state index in [4.69, 9.17) is 16.3 Å². The van der Waals surface area contributed by atoms with Crippen LogP contribution in [0.3, 0.4) is 0 Å². The number of hydrogen-bond acceptors (Lipinski definition) is 5. The maximum atomic E-state index is 11.8. The molecule has 1 saturated heterocycles. The van der Waals surface area contributed by atoms with Crippen molar-refractivity contribution in [2.24, 2.45) is 0 Å². The first-order valence-corrected chi connectivity index (χ1v) is 7.97. The number of anilines is 1. The predicted molar refractivity (Wildman–Crippen MR) is 88.6 cm³/mol. The van der Waals surface area contributed by atoms with E-state index in [1.807, 2.05) is 25.7 Å². The van der Waals surface area contributed by atoms with Gasteiger partial charge < -0.3 is 15.0 Å². The molecule has 2 heterocycles. The Labute approximate surface area is 141 Å². The molecule has 1 aromatic heterocycles. The van der Waals surface area contributed by atoms with E-state index in [-0.39, 0.29) is 6.04 Å². The van der Waals surface area contributed by atoms with E-state index in [2.05, 4.69) is 16.4 Å². The Hall–Kier alpha value is -2.00. The SMILES string of the molecule is CC(C)(C)OC(=O)NC1CCN(c2nc(Cl)ccc2C#N)CC1. The summed E-state index contributed by atoms with van der Waals surface area (Å²) in [6.45, 7) is 6.90. The largest absolute Gasteiger partial charge is 0.444 e. The molecule has 0 unspecified atom stereocenters. The van der Waals surface area contributed by atoms with Crippen molar-refractivity contribution in [3.05, 3.63) is 22.8 Å². The standard InChI is InChI=1S/C16H21ClN4O2/c1-16(2,3)23-15(22)19-12-6-8-21(9-7-12)14-11(10-18)4-5-13(17)20-14/h4-5,12H,6-9H2,1-3H3,(H,19,22). The van der Waals surface area contributed by atoms with Crippen LogP contribution in [0.2, 0.25) is 5.15 Å². The number of carbonyl (C=O) groups is 1. The molecule has 23 heavy (non-hydrogen) atoms. The maximum absolute atomic E-state index is 11.8. The van der Waals surface area contributed by atoms with Crippen molar-refractivity contribution in [2.45, 2.75) is 45.3 Å². The average Bonchev–Trinajstić information content (AvgIpc) is 2.46. The van der Waals surface area contributed by atoms with Gasteiger partial charge in [0, 0.05) is 19.1 Å². The van der Waals surface area contributed by atoms with Crippen LogP contribution < -0.4 is 10.2 Å². The van der Waals surface area contributed by atoms with Gasteiger partial charge in [-0.25, -0.2) is 9.78 Å². The molecule has 1 aliphatic rings. The number of nitriles is 1. The predicted octanol–water partition coefficient (Wildman–Crippen LogP) is 3.10. The third kappa shape index (κ3) is 5.00. The van der Waals surface area contributed by atoms with Gasteiger partial charge in [0.05, 0.1) is 5.56 Å². The highest BCUT2D eigenvalue weighted by molar-refractivity contribution is 6.29. The van der Waals surface area contributed by atoms with Crippen LogP contribution >= 0.6 is 11.6 Å². The first-order chi connectivity index (χ1) is 10.8. The number of pyridine rings is 1. The fourth-order valence-electron chi connectivity index (χ4n) is 2.46. The lowest BCUT2D eigenvalue weighted by Gasteiger charge is -2.33. The van der Waals surface area contributed by atoms with E-state index in [0.717, 1.165) is 12.8 Å². The van der Waals surface area contributed by atoms with Gasteiger partial charge >= 0.3 is 6.09 Å². The molecule has 0 saturated carbocycles. The van der Waals surface area contributed by atoms with Crippen LogP contribution in [-0.4, -0.2) is 35.8 Å². The Morgan fingerprint density at radius 2 is 2.09 bits per heavy atom. The molecule has 0 radical (unpaired) electrons. The lowest BCUT2D eigenvalue weighted by Crippen LogP contribution is -2.46. The Bertz CT molecular complexity index is 613. The van der Waals surface area contributed by atoms with Gasteiger partial charge in [-0.2, -0.15) is 5.26 Å². The molecular formula is C16H21ClN4O2. The highest BCUT2D eigenvalue weighted by atomic mass is 35.5. The number of piperidine rings is 1. The van der Waals surface area contributed by atoms with Crippen LogP contribution in [0.1, 0.15) is 39.2 Å². The van der Waals surface area contributed by atoms with Crippen LogP contribution in [0.5, 0.6) is 0 Å². The second-order valence-electron chi connectivity index (χ2n) is 6.52. The van der Waals surface area contributed by atoms with Gasteiger partial charge in [-0.15, -0.1) is 0 Å². The summed E-state index contributed by atoms with van der Waals surface area (Å²) in [5.74, 6) is 0.607. The fourth-order valence-corrected chi connectivity index (χ4v) is 2.61. The Morgan fingerprint density at radius 1 is 1.43 bits per heavy atom. The molecule has 0 spiro atoms. The number of nitrogens with zero attached hydrogens (tertiary/aromatic N) is 3. The number of halogens is 1. The van der Waals surface area contributed by atoms with Crippen LogP contribution in [0.4, 0.5) is 10.6 Å². The maximum Gasteiger partial charge on any atom is 0.407 e. The zero-order chi connectivity index (χ0) is 17.0. The van der Waals surface area contributed by atoms with Crippen LogP contribution in [0.25, 0.3) is 0 Å². The summed E-state index contributed by atoms with van der Waals surface area (Å²) >= 11 is 5.93. The number of nitrogens with one attached hydrogen (secondary N) is 1. The highest BCUT2D eigenvalue weighted by Crippen LogP contribution is 2.24. The van der Waals surface area contributed by atoms with Crippen molar-refractivity contribution >= 4 is 23.5 Å². The molecule has 0 aromatic carbocycles. The van der Waals surface area contributed by atoms with Crippen LogP contribution in [0.15, 0.2) is 12.1 Å². The molecule has 124 valence electrons. The average molecular weight is 337 g/mol. The minimum absolute atomic E-state index is 0.0609. The van der Waals surface area contributed by atoms with Gasteiger partial charge in [0.25, 0.3) is 0 Å². The molecule has 2 rings (SSSR count). The molecule has 6 nitrogen and oxygen atoms in total. The smallest absolute Gasteiger partial charge is 0.407 e. The van der Waals surface area contributed by atoms with Crippen molar-refractivity contribution in [1.82, 2.24) is 10.3 Å². The summed E-state index contributed by atoms with van der Waals surface area (Å²) in [5, 5.41) is 12.4. The van der Waals surface area contributed by atoms with Gasteiger partial charge in [0.1, 0.15) is 22.6 Å². The summed E-state index contributed by atoms with van der Waals surface area (Å²) in [7, 11) is 0. The summed E-state index contributed by atoms with van der Waals surface area (Å²) in [6.07, 6.45) is 1.13. The lowest BCUT2D eigenvalue weighted by atomic mass is 10.0. The molecule has 1 aromatic rings. The van der Waals surface area contributed by atoms with E-state index in [9.17, 15) is 10.1 Å². The fraction of sp³-hybridized carbons (Fsp3) is 0.562. The molecule has 0 aliphatic carbocycles. The topological polar surface area (TPSA) is 78.2 Å². The zero-order valence-electron chi connectivity index (χ0n) is 13.6. The van der Waals surface area contributed by atoms with Crippen molar-refractivity contribution in [1.29, 1.82) is 5.26 Å². The number of ether oxygens (including phenoxy) is 1. The van der Waals surface area contributed by atoms with Gasteiger partial charge in [0.2, 0.25) is 0 Å². The van der Waals surface area contributed by atoms with E-state index in [1.54, 1.807) is 12.1 Å². The number of amides is 1. The number of alkyl carbamates (subject to hydrolysis) is 1. The summed E-state index contributed by atoms with van der Waals surface area (Å²) < 4.78 is 5.27. The Balaban J connectivity index is 1.93. The molecule has 0 bridgehead atoms. The van der Waals surface area contributed by atoms with Gasteiger partial charge in [-0.1, -0.05) is 11.6 Å². The normalized spacial score (nSPS) is 15.9. The van der Waals surface area contributed by atoms with Crippen molar-refractivity contribution in [3.8, 4) is 6.07 Å². The molecule has 0 atom stereocenters. The first kappa shape index (κ1) is 17.4. The third-order valence-electron chi connectivity index (χ3n) is 3.48. The lowest BCUT2D eigenvalue weighted by molar-refractivity contribution is 0.0497. The third-order valence-corrected chi connectivity index (χ3v) is 3.69. The Kier molecular flexibility index (Phi) is 5.32. The van der Waals surface area contributed by atoms with E-state index >= 15 is 0 Å². The number of aromatic nitrogens is 1.